The lowest BCUT2D eigenvalue weighted by molar-refractivity contribution is -0.142. The van der Waals surface area contributed by atoms with Crippen LogP contribution in [-0.4, -0.2) is 60.8 Å². The zero-order chi connectivity index (χ0) is 15.7. The third kappa shape index (κ3) is 7.43. The average Bonchev–Trinajstić information content (AvgIpc) is 2.47. The molecule has 1 saturated carbocycles. The number of carboxylic acid groups (broad SMARTS) is 1. The second-order valence-corrected chi connectivity index (χ2v) is 5.76. The third-order valence-corrected chi connectivity index (χ3v) is 3.96. The zero-order valence-corrected chi connectivity index (χ0v) is 13.1. The van der Waals surface area contributed by atoms with Gasteiger partial charge in [-0.1, -0.05) is 19.3 Å². The van der Waals surface area contributed by atoms with Gasteiger partial charge in [0, 0.05) is 13.2 Å². The van der Waals surface area contributed by atoms with Crippen molar-refractivity contribution in [3.8, 4) is 0 Å². The van der Waals surface area contributed by atoms with Gasteiger partial charge in [0.15, 0.2) is 0 Å². The van der Waals surface area contributed by atoms with Crippen LogP contribution >= 0.6 is 0 Å². The fourth-order valence-corrected chi connectivity index (χ4v) is 2.39. The molecule has 1 atom stereocenters. The lowest BCUT2D eigenvalue weighted by Gasteiger charge is -2.22. The Balaban J connectivity index is 2.03. The van der Waals surface area contributed by atoms with Gasteiger partial charge in [0.05, 0.1) is 12.6 Å². The summed E-state index contributed by atoms with van der Waals surface area (Å²) in [6.07, 6.45) is 7.34. The van der Waals surface area contributed by atoms with Crippen molar-refractivity contribution in [3.05, 3.63) is 0 Å². The second-order valence-electron chi connectivity index (χ2n) is 5.76. The highest BCUT2D eigenvalue weighted by molar-refractivity contribution is 5.79. The Hall–Kier alpha value is -1.14. The van der Waals surface area contributed by atoms with Crippen molar-refractivity contribution in [1.29, 1.82) is 0 Å². The van der Waals surface area contributed by atoms with E-state index in [4.69, 9.17) is 9.84 Å². The molecule has 6 heteroatoms. The first kappa shape index (κ1) is 17.9. The Morgan fingerprint density at radius 3 is 2.62 bits per heavy atom. The van der Waals surface area contributed by atoms with Gasteiger partial charge in [0.1, 0.15) is 6.04 Å². The quantitative estimate of drug-likeness (QED) is 0.627. The van der Waals surface area contributed by atoms with Crippen LogP contribution in [0.25, 0.3) is 0 Å². The van der Waals surface area contributed by atoms with E-state index in [1.54, 1.807) is 14.0 Å². The number of nitrogens with zero attached hydrogens (tertiary/aromatic N) is 1. The van der Waals surface area contributed by atoms with Gasteiger partial charge in [-0.05, 0) is 33.2 Å². The van der Waals surface area contributed by atoms with E-state index in [-0.39, 0.29) is 12.5 Å². The number of ether oxygens (including phenoxy) is 1. The van der Waals surface area contributed by atoms with Crippen molar-refractivity contribution in [1.82, 2.24) is 10.2 Å². The standard InChI is InChI=1S/C15H28N2O4/c1-12(15(19)20)17(2)11-14(18)16-9-6-10-21-13-7-4-3-5-8-13/h12-13H,3-11H2,1-2H3,(H,16,18)(H,19,20). The molecule has 0 aromatic rings. The van der Waals surface area contributed by atoms with E-state index >= 15 is 0 Å². The number of amides is 1. The predicted octanol–water partition coefficient (Wildman–Crippen LogP) is 1.25. The molecule has 0 spiro atoms. The molecule has 2 N–H and O–H groups in total. The van der Waals surface area contributed by atoms with Crippen LogP contribution in [0, 0.1) is 0 Å². The summed E-state index contributed by atoms with van der Waals surface area (Å²) >= 11 is 0. The van der Waals surface area contributed by atoms with Crippen LogP contribution in [0.3, 0.4) is 0 Å². The van der Waals surface area contributed by atoms with E-state index in [0.29, 0.717) is 19.3 Å². The number of hydrogen-bond donors (Lipinski definition) is 2. The van der Waals surface area contributed by atoms with Crippen molar-refractivity contribution in [3.63, 3.8) is 0 Å². The number of hydrogen-bond acceptors (Lipinski definition) is 4. The van der Waals surface area contributed by atoms with Crippen LogP contribution in [0.1, 0.15) is 45.4 Å². The topological polar surface area (TPSA) is 78.9 Å². The first-order valence-electron chi connectivity index (χ1n) is 7.82. The number of aliphatic carboxylic acids is 1. The predicted molar refractivity (Wildman–Crippen MR) is 80.2 cm³/mol. The zero-order valence-electron chi connectivity index (χ0n) is 13.1. The number of rotatable bonds is 9. The molecule has 1 unspecified atom stereocenters. The molecular weight excluding hydrogens is 272 g/mol. The first-order valence-corrected chi connectivity index (χ1v) is 7.82. The molecule has 0 bridgehead atoms. The molecule has 0 aromatic heterocycles. The summed E-state index contributed by atoms with van der Waals surface area (Å²) in [5.41, 5.74) is 0. The summed E-state index contributed by atoms with van der Waals surface area (Å²) in [6, 6.07) is -0.662. The molecule has 1 amide bonds. The minimum Gasteiger partial charge on any atom is -0.480 e. The van der Waals surface area contributed by atoms with Gasteiger partial charge < -0.3 is 15.2 Å². The Morgan fingerprint density at radius 2 is 2.00 bits per heavy atom. The molecular formula is C15H28N2O4. The van der Waals surface area contributed by atoms with Crippen LogP contribution in [0.5, 0.6) is 0 Å². The van der Waals surface area contributed by atoms with Crippen LogP contribution in [0.2, 0.25) is 0 Å². The van der Waals surface area contributed by atoms with E-state index in [2.05, 4.69) is 5.32 Å². The molecule has 0 radical (unpaired) electrons. The Morgan fingerprint density at radius 1 is 1.33 bits per heavy atom. The number of likely N-dealkylation sites (N-methyl/N-ethyl adjacent to an activating group) is 1. The minimum atomic E-state index is -0.925. The summed E-state index contributed by atoms with van der Waals surface area (Å²) in [7, 11) is 1.63. The second kappa shape index (κ2) is 9.73. The number of carbonyl (C=O) groups excluding carboxylic acids is 1. The monoisotopic (exact) mass is 300 g/mol. The lowest BCUT2D eigenvalue weighted by atomic mass is 9.98. The molecule has 1 fully saturated rings. The highest BCUT2D eigenvalue weighted by atomic mass is 16.5. The third-order valence-electron chi connectivity index (χ3n) is 3.96. The van der Waals surface area contributed by atoms with Crippen molar-refractivity contribution < 1.29 is 19.4 Å². The molecule has 21 heavy (non-hydrogen) atoms. The summed E-state index contributed by atoms with van der Waals surface area (Å²) in [5.74, 6) is -1.07. The number of carboxylic acids is 1. The van der Waals surface area contributed by atoms with Crippen LogP contribution in [0.4, 0.5) is 0 Å². The van der Waals surface area contributed by atoms with Crippen molar-refractivity contribution in [2.45, 2.75) is 57.6 Å². The number of carbonyl (C=O) groups is 2. The van der Waals surface area contributed by atoms with Gasteiger partial charge in [-0.25, -0.2) is 0 Å². The highest BCUT2D eigenvalue weighted by Gasteiger charge is 2.18. The minimum absolute atomic E-state index is 0.0942. The first-order chi connectivity index (χ1) is 10.0. The Bertz CT molecular complexity index is 330. The molecule has 122 valence electrons. The van der Waals surface area contributed by atoms with E-state index < -0.39 is 12.0 Å². The van der Waals surface area contributed by atoms with Gasteiger partial charge in [-0.2, -0.15) is 0 Å². The normalized spacial score (nSPS) is 17.7. The fourth-order valence-electron chi connectivity index (χ4n) is 2.39. The van der Waals surface area contributed by atoms with Crippen LogP contribution in [0.15, 0.2) is 0 Å². The van der Waals surface area contributed by atoms with Crippen molar-refractivity contribution in [2.75, 3.05) is 26.7 Å². The van der Waals surface area contributed by atoms with Crippen LogP contribution < -0.4 is 5.32 Å². The Kier molecular flexibility index (Phi) is 8.30. The maximum atomic E-state index is 11.7. The van der Waals surface area contributed by atoms with E-state index in [9.17, 15) is 9.59 Å². The van der Waals surface area contributed by atoms with Gasteiger partial charge >= 0.3 is 5.97 Å². The number of nitrogens with one attached hydrogen (secondary N) is 1. The molecule has 0 heterocycles. The fraction of sp³-hybridized carbons (Fsp3) is 0.867. The smallest absolute Gasteiger partial charge is 0.320 e. The molecule has 6 nitrogen and oxygen atoms in total. The highest BCUT2D eigenvalue weighted by Crippen LogP contribution is 2.20. The molecule has 1 aliphatic rings. The largest absolute Gasteiger partial charge is 0.480 e. The molecule has 0 aromatic carbocycles. The van der Waals surface area contributed by atoms with E-state index in [0.717, 1.165) is 19.3 Å². The summed E-state index contributed by atoms with van der Waals surface area (Å²) in [6.45, 7) is 2.90. The van der Waals surface area contributed by atoms with Gasteiger partial charge in [0.2, 0.25) is 5.91 Å². The summed E-state index contributed by atoms with van der Waals surface area (Å²) in [4.78, 5) is 24.0. The molecule has 0 saturated heterocycles. The van der Waals surface area contributed by atoms with Gasteiger partial charge in [-0.3, -0.25) is 14.5 Å². The summed E-state index contributed by atoms with van der Waals surface area (Å²) in [5, 5.41) is 11.6. The lowest BCUT2D eigenvalue weighted by Crippen LogP contribution is -2.43. The summed E-state index contributed by atoms with van der Waals surface area (Å²) < 4.78 is 5.78. The average molecular weight is 300 g/mol. The van der Waals surface area contributed by atoms with Gasteiger partial charge in [0.25, 0.3) is 0 Å². The maximum absolute atomic E-state index is 11.7. The Labute approximate surface area is 126 Å². The molecule has 0 aliphatic heterocycles. The van der Waals surface area contributed by atoms with E-state index in [1.807, 2.05) is 0 Å². The SMILES string of the molecule is CC(C(=O)O)N(C)CC(=O)NCCCOC1CCCCC1. The molecule has 1 aliphatic carbocycles. The molecule has 1 rings (SSSR count). The van der Waals surface area contributed by atoms with Crippen LogP contribution in [-0.2, 0) is 14.3 Å². The van der Waals surface area contributed by atoms with Gasteiger partial charge in [-0.15, -0.1) is 0 Å². The van der Waals surface area contributed by atoms with E-state index in [1.165, 1.54) is 24.2 Å². The maximum Gasteiger partial charge on any atom is 0.320 e. The van der Waals surface area contributed by atoms with Crippen molar-refractivity contribution >= 4 is 11.9 Å². The van der Waals surface area contributed by atoms with Crippen molar-refractivity contribution in [2.24, 2.45) is 0 Å².